The number of thiazole rings is 1. The zero-order valence-corrected chi connectivity index (χ0v) is 18.3. The van der Waals surface area contributed by atoms with E-state index in [9.17, 15) is 9.59 Å². The van der Waals surface area contributed by atoms with Crippen LogP contribution in [0, 0.1) is 0 Å². The van der Waals surface area contributed by atoms with Gasteiger partial charge in [-0.15, -0.1) is 11.3 Å². The molecule has 0 saturated carbocycles. The van der Waals surface area contributed by atoms with Gasteiger partial charge >= 0.3 is 0 Å². The first-order chi connectivity index (χ1) is 14.6. The summed E-state index contributed by atoms with van der Waals surface area (Å²) in [5.41, 5.74) is 0.359. The van der Waals surface area contributed by atoms with E-state index in [1.54, 1.807) is 36.6 Å². The Labute approximate surface area is 181 Å². The quantitative estimate of drug-likeness (QED) is 0.458. The topological polar surface area (TPSA) is 90.0 Å². The highest BCUT2D eigenvalue weighted by Gasteiger charge is 2.18. The van der Waals surface area contributed by atoms with E-state index in [1.807, 2.05) is 18.2 Å². The van der Waals surface area contributed by atoms with Crippen LogP contribution in [0.1, 0.15) is 28.3 Å². The largest absolute Gasteiger partial charge is 0.484 e. The van der Waals surface area contributed by atoms with Crippen LogP contribution in [0.5, 0.6) is 5.75 Å². The Morgan fingerprint density at radius 1 is 1.10 bits per heavy atom. The van der Waals surface area contributed by atoms with Crippen LogP contribution in [0.15, 0.2) is 35.7 Å². The Hall–Kier alpha value is -2.49. The second kappa shape index (κ2) is 13.7. The standard InChI is InChI=1S/C21H29N3O5S/c1-27-12-6-10-22-21(26)18-16-30-19(23-18)14-24(11-7-13-28-2)20(25)15-29-17-8-4-3-5-9-17/h3-5,8-9,16H,6-7,10-15H2,1-2H3,(H,22,26). The molecule has 1 heterocycles. The minimum absolute atomic E-state index is 0.0603. The first-order valence-corrected chi connectivity index (χ1v) is 10.7. The van der Waals surface area contributed by atoms with E-state index in [1.165, 1.54) is 11.3 Å². The first-order valence-electron chi connectivity index (χ1n) is 9.80. The molecule has 0 saturated heterocycles. The second-order valence-corrected chi connectivity index (χ2v) is 7.43. The molecule has 0 bridgehead atoms. The molecule has 0 radical (unpaired) electrons. The number of hydrogen-bond donors (Lipinski definition) is 1. The molecular formula is C21H29N3O5S. The van der Waals surface area contributed by atoms with Crippen LogP contribution >= 0.6 is 11.3 Å². The van der Waals surface area contributed by atoms with Crippen LogP contribution in [-0.4, -0.2) is 68.8 Å². The van der Waals surface area contributed by atoms with Crippen molar-refractivity contribution in [3.63, 3.8) is 0 Å². The number of hydrogen-bond acceptors (Lipinski definition) is 7. The molecule has 0 unspecified atom stereocenters. The summed E-state index contributed by atoms with van der Waals surface area (Å²) >= 11 is 1.36. The highest BCUT2D eigenvalue weighted by molar-refractivity contribution is 7.09. The van der Waals surface area contributed by atoms with Gasteiger partial charge in [-0.25, -0.2) is 4.98 Å². The molecule has 0 aliphatic carbocycles. The second-order valence-electron chi connectivity index (χ2n) is 6.49. The van der Waals surface area contributed by atoms with Crippen molar-refractivity contribution < 1.29 is 23.8 Å². The molecule has 2 amide bonds. The summed E-state index contributed by atoms with van der Waals surface area (Å²) in [6.45, 7) is 2.45. The van der Waals surface area contributed by atoms with Crippen molar-refractivity contribution in [3.8, 4) is 5.75 Å². The van der Waals surface area contributed by atoms with Crippen molar-refractivity contribution in [2.24, 2.45) is 0 Å². The van der Waals surface area contributed by atoms with Crippen molar-refractivity contribution in [2.45, 2.75) is 19.4 Å². The molecule has 1 N–H and O–H groups in total. The van der Waals surface area contributed by atoms with Gasteiger partial charge in [-0.05, 0) is 25.0 Å². The number of aromatic nitrogens is 1. The maximum Gasteiger partial charge on any atom is 0.270 e. The SMILES string of the molecule is COCCCNC(=O)c1csc(CN(CCCOC)C(=O)COc2ccccc2)n1. The average Bonchev–Trinajstić information content (AvgIpc) is 3.24. The molecule has 164 valence electrons. The van der Waals surface area contributed by atoms with Crippen molar-refractivity contribution in [1.29, 1.82) is 0 Å². The smallest absolute Gasteiger partial charge is 0.270 e. The van der Waals surface area contributed by atoms with Crippen LogP contribution in [-0.2, 0) is 20.8 Å². The Bertz CT molecular complexity index is 769. The molecular weight excluding hydrogens is 406 g/mol. The van der Waals surface area contributed by atoms with Gasteiger partial charge in [0.05, 0.1) is 6.54 Å². The first kappa shape index (κ1) is 23.8. The van der Waals surface area contributed by atoms with Crippen LogP contribution in [0.25, 0.3) is 0 Å². The van der Waals surface area contributed by atoms with E-state index in [-0.39, 0.29) is 18.4 Å². The predicted octanol–water partition coefficient (Wildman–Crippen LogP) is 2.35. The van der Waals surface area contributed by atoms with Crippen LogP contribution in [0.2, 0.25) is 0 Å². The Morgan fingerprint density at radius 2 is 1.83 bits per heavy atom. The molecule has 0 aliphatic heterocycles. The fraction of sp³-hybridized carbons (Fsp3) is 0.476. The summed E-state index contributed by atoms with van der Waals surface area (Å²) in [7, 11) is 3.25. The fourth-order valence-corrected chi connectivity index (χ4v) is 3.39. The maximum atomic E-state index is 12.7. The number of nitrogens with one attached hydrogen (secondary N) is 1. The minimum atomic E-state index is -0.224. The molecule has 8 nitrogen and oxygen atoms in total. The number of carbonyl (C=O) groups excluding carboxylic acids is 2. The minimum Gasteiger partial charge on any atom is -0.484 e. The van der Waals surface area contributed by atoms with E-state index in [0.717, 1.165) is 6.42 Å². The van der Waals surface area contributed by atoms with Crippen molar-refractivity contribution in [3.05, 3.63) is 46.4 Å². The highest BCUT2D eigenvalue weighted by Crippen LogP contribution is 2.14. The molecule has 30 heavy (non-hydrogen) atoms. The normalized spacial score (nSPS) is 10.6. The summed E-state index contributed by atoms with van der Waals surface area (Å²) in [5, 5.41) is 5.22. The predicted molar refractivity (Wildman–Crippen MR) is 115 cm³/mol. The maximum absolute atomic E-state index is 12.7. The number of para-hydroxylation sites is 1. The van der Waals surface area contributed by atoms with E-state index in [2.05, 4.69) is 10.3 Å². The van der Waals surface area contributed by atoms with Gasteiger partial charge in [-0.1, -0.05) is 18.2 Å². The summed E-state index contributed by atoms with van der Waals surface area (Å²) in [5.74, 6) is 0.276. The number of benzene rings is 1. The fourth-order valence-electron chi connectivity index (χ4n) is 2.60. The monoisotopic (exact) mass is 435 g/mol. The molecule has 1 aromatic carbocycles. The van der Waals surface area contributed by atoms with Gasteiger partial charge in [0.2, 0.25) is 0 Å². The Balaban J connectivity index is 1.92. The van der Waals surface area contributed by atoms with Crippen LogP contribution in [0.4, 0.5) is 0 Å². The number of methoxy groups -OCH3 is 2. The van der Waals surface area contributed by atoms with Crippen LogP contribution in [0.3, 0.4) is 0 Å². The van der Waals surface area contributed by atoms with Gasteiger partial charge in [0.1, 0.15) is 16.5 Å². The molecule has 9 heteroatoms. The third-order valence-corrected chi connectivity index (χ3v) is 4.99. The lowest BCUT2D eigenvalue weighted by molar-refractivity contribution is -0.134. The lowest BCUT2D eigenvalue weighted by atomic mass is 10.3. The zero-order valence-electron chi connectivity index (χ0n) is 17.5. The van der Waals surface area contributed by atoms with Crippen LogP contribution < -0.4 is 10.1 Å². The molecule has 0 atom stereocenters. The third kappa shape index (κ3) is 8.48. The van der Waals surface area contributed by atoms with Gasteiger partial charge < -0.3 is 24.4 Å². The van der Waals surface area contributed by atoms with E-state index < -0.39 is 0 Å². The summed E-state index contributed by atoms with van der Waals surface area (Å²) in [6.07, 6.45) is 1.44. The average molecular weight is 436 g/mol. The van der Waals surface area contributed by atoms with Crippen molar-refractivity contribution in [2.75, 3.05) is 47.1 Å². The molecule has 0 fully saturated rings. The number of amides is 2. The summed E-state index contributed by atoms with van der Waals surface area (Å²) < 4.78 is 15.7. The number of ether oxygens (including phenoxy) is 3. The van der Waals surface area contributed by atoms with Gasteiger partial charge in [0.15, 0.2) is 6.61 Å². The van der Waals surface area contributed by atoms with E-state index in [0.29, 0.717) is 55.7 Å². The summed E-state index contributed by atoms with van der Waals surface area (Å²) in [6, 6.07) is 9.21. The van der Waals surface area contributed by atoms with Crippen molar-refractivity contribution >= 4 is 23.2 Å². The molecule has 2 aromatic rings. The van der Waals surface area contributed by atoms with E-state index >= 15 is 0 Å². The zero-order chi connectivity index (χ0) is 21.6. The van der Waals surface area contributed by atoms with E-state index in [4.69, 9.17) is 14.2 Å². The number of rotatable bonds is 14. The van der Waals surface area contributed by atoms with Gasteiger partial charge in [-0.3, -0.25) is 9.59 Å². The molecule has 2 rings (SSSR count). The van der Waals surface area contributed by atoms with Gasteiger partial charge in [0, 0.05) is 45.9 Å². The molecule has 0 aliphatic rings. The number of carbonyl (C=O) groups is 2. The lowest BCUT2D eigenvalue weighted by Gasteiger charge is -2.21. The highest BCUT2D eigenvalue weighted by atomic mass is 32.1. The number of nitrogens with zero attached hydrogens (tertiary/aromatic N) is 2. The lowest BCUT2D eigenvalue weighted by Crippen LogP contribution is -2.35. The Kier molecular flexibility index (Phi) is 10.8. The third-order valence-electron chi connectivity index (χ3n) is 4.16. The van der Waals surface area contributed by atoms with Gasteiger partial charge in [0.25, 0.3) is 11.8 Å². The van der Waals surface area contributed by atoms with Gasteiger partial charge in [-0.2, -0.15) is 0 Å². The molecule has 0 spiro atoms. The summed E-state index contributed by atoms with van der Waals surface area (Å²) in [4.78, 5) is 31.0. The van der Waals surface area contributed by atoms with Crippen molar-refractivity contribution in [1.82, 2.24) is 15.2 Å². The molecule has 1 aromatic heterocycles. The Morgan fingerprint density at radius 3 is 2.57 bits per heavy atom.